The second-order valence-electron chi connectivity index (χ2n) is 7.47. The number of methoxy groups -OCH3 is 1. The van der Waals surface area contributed by atoms with E-state index in [1.807, 2.05) is 42.5 Å². The Morgan fingerprint density at radius 2 is 2.03 bits per heavy atom. The SMILES string of the molecule is COc1ccc(-c2cc(C(=O)NCCc3ccccn3)nn2C2CCS(=O)(=O)C2)cc1. The zero-order valence-electron chi connectivity index (χ0n) is 17.2. The first-order valence-electron chi connectivity index (χ1n) is 10.1. The second-order valence-corrected chi connectivity index (χ2v) is 9.70. The summed E-state index contributed by atoms with van der Waals surface area (Å²) in [4.78, 5) is 17.0. The predicted molar refractivity (Wildman–Crippen MR) is 117 cm³/mol. The molecule has 1 atom stereocenters. The molecule has 1 unspecified atom stereocenters. The van der Waals surface area contributed by atoms with Crippen LogP contribution in [0.25, 0.3) is 11.3 Å². The van der Waals surface area contributed by atoms with Gasteiger partial charge in [-0.1, -0.05) is 6.07 Å². The zero-order chi connectivity index (χ0) is 21.8. The third kappa shape index (κ3) is 4.93. The number of ether oxygens (including phenoxy) is 1. The van der Waals surface area contributed by atoms with Crippen LogP contribution in [0.3, 0.4) is 0 Å². The summed E-state index contributed by atoms with van der Waals surface area (Å²) in [5.74, 6) is 0.570. The molecule has 1 amide bonds. The van der Waals surface area contributed by atoms with E-state index in [2.05, 4.69) is 15.4 Å². The molecule has 1 saturated heterocycles. The van der Waals surface area contributed by atoms with Crippen LogP contribution < -0.4 is 10.1 Å². The van der Waals surface area contributed by atoms with Gasteiger partial charge in [-0.3, -0.25) is 14.5 Å². The van der Waals surface area contributed by atoms with Gasteiger partial charge in [-0.05, 0) is 48.9 Å². The summed E-state index contributed by atoms with van der Waals surface area (Å²) in [5.41, 5.74) is 2.70. The van der Waals surface area contributed by atoms with Crippen LogP contribution in [0.2, 0.25) is 0 Å². The average Bonchev–Trinajstić information content (AvgIpc) is 3.38. The molecule has 0 spiro atoms. The van der Waals surface area contributed by atoms with E-state index in [9.17, 15) is 13.2 Å². The summed E-state index contributed by atoms with van der Waals surface area (Å²) in [6, 6.07) is 14.5. The third-order valence-corrected chi connectivity index (χ3v) is 7.05. The Morgan fingerprint density at radius 1 is 1.23 bits per heavy atom. The van der Waals surface area contributed by atoms with Crippen molar-refractivity contribution < 1.29 is 17.9 Å². The van der Waals surface area contributed by atoms with Gasteiger partial charge in [0.1, 0.15) is 5.75 Å². The van der Waals surface area contributed by atoms with E-state index >= 15 is 0 Å². The number of rotatable bonds is 7. The summed E-state index contributed by atoms with van der Waals surface area (Å²) in [7, 11) is -1.50. The van der Waals surface area contributed by atoms with Crippen molar-refractivity contribution in [2.24, 2.45) is 0 Å². The highest BCUT2D eigenvalue weighted by Gasteiger charge is 2.32. The van der Waals surface area contributed by atoms with Crippen LogP contribution in [0.4, 0.5) is 0 Å². The molecule has 1 aromatic carbocycles. The number of sulfone groups is 1. The van der Waals surface area contributed by atoms with E-state index in [0.29, 0.717) is 30.8 Å². The lowest BCUT2D eigenvalue weighted by Gasteiger charge is -2.13. The predicted octanol–water partition coefficient (Wildman–Crippen LogP) is 2.29. The average molecular weight is 441 g/mol. The van der Waals surface area contributed by atoms with Gasteiger partial charge in [0.2, 0.25) is 0 Å². The summed E-state index contributed by atoms with van der Waals surface area (Å²) >= 11 is 0. The van der Waals surface area contributed by atoms with E-state index in [1.165, 1.54) is 0 Å². The molecule has 3 aromatic rings. The van der Waals surface area contributed by atoms with Crippen LogP contribution in [0.5, 0.6) is 5.75 Å². The molecule has 3 heterocycles. The summed E-state index contributed by atoms with van der Waals surface area (Å²) in [5, 5.41) is 7.37. The lowest BCUT2D eigenvalue weighted by atomic mass is 10.1. The highest BCUT2D eigenvalue weighted by molar-refractivity contribution is 7.91. The first kappa shape index (κ1) is 21.0. The fourth-order valence-electron chi connectivity index (χ4n) is 3.67. The van der Waals surface area contributed by atoms with Gasteiger partial charge >= 0.3 is 0 Å². The highest BCUT2D eigenvalue weighted by Crippen LogP contribution is 2.31. The number of nitrogens with zero attached hydrogens (tertiary/aromatic N) is 3. The number of carbonyl (C=O) groups excluding carboxylic acids is 1. The number of nitrogens with one attached hydrogen (secondary N) is 1. The number of hydrogen-bond acceptors (Lipinski definition) is 6. The summed E-state index contributed by atoms with van der Waals surface area (Å²) < 4.78 is 30.9. The van der Waals surface area contributed by atoms with Gasteiger partial charge in [0.05, 0.1) is 30.4 Å². The van der Waals surface area contributed by atoms with Crippen LogP contribution in [0.15, 0.2) is 54.7 Å². The van der Waals surface area contributed by atoms with Gasteiger partial charge < -0.3 is 10.1 Å². The van der Waals surface area contributed by atoms with Crippen molar-refractivity contribution in [1.82, 2.24) is 20.1 Å². The zero-order valence-corrected chi connectivity index (χ0v) is 18.0. The number of aromatic nitrogens is 3. The molecule has 4 rings (SSSR count). The molecule has 1 aliphatic rings. The summed E-state index contributed by atoms with van der Waals surface area (Å²) in [6.45, 7) is 0.429. The van der Waals surface area contributed by atoms with Crippen molar-refractivity contribution >= 4 is 15.7 Å². The van der Waals surface area contributed by atoms with Crippen LogP contribution in [0, 0.1) is 0 Å². The molecular weight excluding hydrogens is 416 g/mol. The molecule has 0 radical (unpaired) electrons. The molecule has 162 valence electrons. The molecular formula is C22H24N4O4S. The Hall–Kier alpha value is -3.20. The van der Waals surface area contributed by atoms with Crippen molar-refractivity contribution in [2.75, 3.05) is 25.2 Å². The van der Waals surface area contributed by atoms with E-state index in [0.717, 1.165) is 11.3 Å². The van der Waals surface area contributed by atoms with Gasteiger partial charge in [0.25, 0.3) is 5.91 Å². The maximum absolute atomic E-state index is 12.7. The van der Waals surface area contributed by atoms with Crippen LogP contribution in [-0.4, -0.2) is 54.2 Å². The minimum atomic E-state index is -3.10. The molecule has 31 heavy (non-hydrogen) atoms. The van der Waals surface area contributed by atoms with E-state index < -0.39 is 9.84 Å². The number of pyridine rings is 1. The summed E-state index contributed by atoms with van der Waals surface area (Å²) in [6.07, 6.45) is 2.81. The molecule has 1 fully saturated rings. The Bertz CT molecular complexity index is 1160. The van der Waals surface area contributed by atoms with Crippen LogP contribution in [0.1, 0.15) is 28.6 Å². The standard InChI is InChI=1S/C22H24N4O4S/c1-30-19-7-5-16(6-8-19)21-14-20(25-26(21)18-10-13-31(28,29)15-18)22(27)24-12-9-17-4-2-3-11-23-17/h2-8,11,14,18H,9-10,12-13,15H2,1H3,(H,24,27). The largest absolute Gasteiger partial charge is 0.497 e. The third-order valence-electron chi connectivity index (χ3n) is 5.30. The Kier molecular flexibility index (Phi) is 6.03. The van der Waals surface area contributed by atoms with E-state index in [4.69, 9.17) is 4.74 Å². The topological polar surface area (TPSA) is 103 Å². The minimum Gasteiger partial charge on any atom is -0.497 e. The molecule has 1 aliphatic heterocycles. The van der Waals surface area contributed by atoms with Crippen molar-refractivity contribution in [1.29, 1.82) is 0 Å². The molecule has 2 aromatic heterocycles. The van der Waals surface area contributed by atoms with Crippen molar-refractivity contribution in [3.63, 3.8) is 0 Å². The number of amides is 1. The molecule has 0 bridgehead atoms. The van der Waals surface area contributed by atoms with Crippen molar-refractivity contribution in [2.45, 2.75) is 18.9 Å². The van der Waals surface area contributed by atoms with Crippen LogP contribution in [-0.2, 0) is 16.3 Å². The van der Waals surface area contributed by atoms with Gasteiger partial charge in [0, 0.05) is 30.4 Å². The monoisotopic (exact) mass is 440 g/mol. The lowest BCUT2D eigenvalue weighted by molar-refractivity contribution is 0.0948. The van der Waals surface area contributed by atoms with Crippen molar-refractivity contribution in [3.8, 4) is 17.0 Å². The fourth-order valence-corrected chi connectivity index (χ4v) is 5.36. The quantitative estimate of drug-likeness (QED) is 0.605. The van der Waals surface area contributed by atoms with Gasteiger partial charge in [0.15, 0.2) is 15.5 Å². The molecule has 8 nitrogen and oxygen atoms in total. The highest BCUT2D eigenvalue weighted by atomic mass is 32.2. The fraction of sp³-hybridized carbons (Fsp3) is 0.318. The number of benzene rings is 1. The maximum Gasteiger partial charge on any atom is 0.271 e. The Labute approximate surface area is 181 Å². The molecule has 9 heteroatoms. The Morgan fingerprint density at radius 3 is 2.68 bits per heavy atom. The first-order chi connectivity index (χ1) is 14.9. The second kappa shape index (κ2) is 8.89. The van der Waals surface area contributed by atoms with Crippen LogP contribution >= 0.6 is 0 Å². The van der Waals surface area contributed by atoms with E-state index in [1.54, 1.807) is 24.1 Å². The number of hydrogen-bond donors (Lipinski definition) is 1. The Balaban J connectivity index is 1.57. The van der Waals surface area contributed by atoms with Gasteiger partial charge in [-0.15, -0.1) is 0 Å². The van der Waals surface area contributed by atoms with Crippen molar-refractivity contribution in [3.05, 3.63) is 66.1 Å². The first-order valence-corrected chi connectivity index (χ1v) is 11.9. The molecule has 0 saturated carbocycles. The molecule has 0 aliphatic carbocycles. The van der Waals surface area contributed by atoms with Gasteiger partial charge in [-0.25, -0.2) is 8.42 Å². The smallest absolute Gasteiger partial charge is 0.271 e. The minimum absolute atomic E-state index is 0.0264. The van der Waals surface area contributed by atoms with Gasteiger partial charge in [-0.2, -0.15) is 5.10 Å². The maximum atomic E-state index is 12.7. The van der Waals surface area contributed by atoms with E-state index in [-0.39, 0.29) is 29.1 Å². The normalized spacial score (nSPS) is 17.4. The number of carbonyl (C=O) groups is 1. The molecule has 1 N–H and O–H groups in total. The lowest BCUT2D eigenvalue weighted by Crippen LogP contribution is -2.26.